The smallest absolute Gasteiger partial charge is 0.247 e. The Kier molecular flexibility index (Phi) is 4.54. The van der Waals surface area contributed by atoms with Crippen molar-refractivity contribution < 1.29 is 13.7 Å². The lowest BCUT2D eigenvalue weighted by atomic mass is 10.1. The van der Waals surface area contributed by atoms with E-state index in [0.717, 1.165) is 11.3 Å². The number of aromatic nitrogens is 1. The van der Waals surface area contributed by atoms with Crippen LogP contribution in [0.2, 0.25) is 0 Å². The topological polar surface area (TPSA) is 80.3 Å². The maximum absolute atomic E-state index is 12.6. The summed E-state index contributed by atoms with van der Waals surface area (Å²) in [5.41, 5.74) is 0.858. The highest BCUT2D eigenvalue weighted by Gasteiger charge is 2.21. The van der Waals surface area contributed by atoms with E-state index in [0.29, 0.717) is 18.1 Å². The van der Waals surface area contributed by atoms with Crippen LogP contribution in [0.3, 0.4) is 0 Å². The number of aryl methyl sites for hydroxylation is 1. The molecule has 0 aliphatic carbocycles. The van der Waals surface area contributed by atoms with Crippen LogP contribution in [0.25, 0.3) is 0 Å². The minimum atomic E-state index is -0.529. The number of carbonyl (C=O) groups excluding carboxylic acids is 1. The lowest BCUT2D eigenvalue weighted by Gasteiger charge is -2.17. The van der Waals surface area contributed by atoms with Gasteiger partial charge in [0.15, 0.2) is 5.82 Å². The number of benzene rings is 1. The third-order valence-electron chi connectivity index (χ3n) is 3.33. The molecule has 2 N–H and O–H groups in total. The van der Waals surface area contributed by atoms with E-state index in [4.69, 9.17) is 8.94 Å². The molecule has 1 atom stereocenters. The standard InChI is InChI=1S/C17H17N3O3/c1-12-10-15(20-23-12)19-17(21)16(13-6-3-2-4-7-13)18-11-14-8-5-9-22-14/h2-10,16,18H,11H2,1H3,(H,19,20,21)/t16-/m0/s1. The molecule has 3 aromatic rings. The van der Waals surface area contributed by atoms with Crippen molar-refractivity contribution in [3.63, 3.8) is 0 Å². The molecule has 23 heavy (non-hydrogen) atoms. The van der Waals surface area contributed by atoms with E-state index in [9.17, 15) is 4.79 Å². The Morgan fingerprint density at radius 1 is 1.22 bits per heavy atom. The van der Waals surface area contributed by atoms with Gasteiger partial charge >= 0.3 is 0 Å². The predicted molar refractivity (Wildman–Crippen MR) is 84.6 cm³/mol. The highest BCUT2D eigenvalue weighted by atomic mass is 16.5. The molecule has 0 aliphatic heterocycles. The first kappa shape index (κ1) is 15.1. The molecule has 0 unspecified atom stereocenters. The zero-order valence-corrected chi connectivity index (χ0v) is 12.7. The van der Waals surface area contributed by atoms with Crippen molar-refractivity contribution in [2.24, 2.45) is 0 Å². The van der Waals surface area contributed by atoms with Gasteiger partial charge in [0, 0.05) is 6.07 Å². The molecule has 1 amide bonds. The van der Waals surface area contributed by atoms with Crippen LogP contribution in [-0.2, 0) is 11.3 Å². The monoisotopic (exact) mass is 311 g/mol. The molecule has 0 saturated carbocycles. The number of nitrogens with zero attached hydrogens (tertiary/aromatic N) is 1. The first-order valence-corrected chi connectivity index (χ1v) is 7.27. The molecule has 3 rings (SSSR count). The van der Waals surface area contributed by atoms with E-state index in [1.807, 2.05) is 42.5 Å². The molecule has 0 bridgehead atoms. The van der Waals surface area contributed by atoms with Crippen LogP contribution >= 0.6 is 0 Å². The first-order chi connectivity index (χ1) is 11.2. The van der Waals surface area contributed by atoms with Gasteiger partial charge in [-0.25, -0.2) is 0 Å². The molecule has 2 heterocycles. The minimum Gasteiger partial charge on any atom is -0.468 e. The SMILES string of the molecule is Cc1cc(NC(=O)[C@@H](NCc2ccco2)c2ccccc2)no1. The number of anilines is 1. The molecule has 2 aromatic heterocycles. The quantitative estimate of drug-likeness (QED) is 0.731. The summed E-state index contributed by atoms with van der Waals surface area (Å²) in [6.07, 6.45) is 1.60. The Balaban J connectivity index is 1.75. The average molecular weight is 311 g/mol. The van der Waals surface area contributed by atoms with E-state index in [1.165, 1.54) is 0 Å². The van der Waals surface area contributed by atoms with Gasteiger partial charge in [0.05, 0.1) is 12.8 Å². The molecule has 0 saturated heterocycles. The summed E-state index contributed by atoms with van der Waals surface area (Å²) < 4.78 is 10.3. The second-order valence-corrected chi connectivity index (χ2v) is 5.12. The Bertz CT molecular complexity index is 751. The summed E-state index contributed by atoms with van der Waals surface area (Å²) >= 11 is 0. The number of rotatable bonds is 6. The normalized spacial score (nSPS) is 12.0. The van der Waals surface area contributed by atoms with Crippen LogP contribution in [-0.4, -0.2) is 11.1 Å². The average Bonchev–Trinajstić information content (AvgIpc) is 3.20. The van der Waals surface area contributed by atoms with Gasteiger partial charge in [-0.05, 0) is 24.6 Å². The number of carbonyl (C=O) groups is 1. The van der Waals surface area contributed by atoms with E-state index >= 15 is 0 Å². The van der Waals surface area contributed by atoms with Crippen molar-refractivity contribution in [2.45, 2.75) is 19.5 Å². The summed E-state index contributed by atoms with van der Waals surface area (Å²) in [6, 6.07) is 14.3. The van der Waals surface area contributed by atoms with E-state index in [-0.39, 0.29) is 5.91 Å². The van der Waals surface area contributed by atoms with Crippen molar-refractivity contribution in [3.8, 4) is 0 Å². The Morgan fingerprint density at radius 2 is 2.04 bits per heavy atom. The van der Waals surface area contributed by atoms with Crippen molar-refractivity contribution in [2.75, 3.05) is 5.32 Å². The number of amides is 1. The number of hydrogen-bond donors (Lipinski definition) is 2. The summed E-state index contributed by atoms with van der Waals surface area (Å²) in [5.74, 6) is 1.58. The maximum atomic E-state index is 12.6. The zero-order chi connectivity index (χ0) is 16.1. The van der Waals surface area contributed by atoms with Gasteiger partial charge in [-0.1, -0.05) is 35.5 Å². The molecule has 0 aliphatic rings. The molecule has 0 spiro atoms. The molecule has 118 valence electrons. The second kappa shape index (κ2) is 6.93. The highest BCUT2D eigenvalue weighted by molar-refractivity contribution is 5.94. The Hall–Kier alpha value is -2.86. The Morgan fingerprint density at radius 3 is 2.70 bits per heavy atom. The third kappa shape index (κ3) is 3.87. The van der Waals surface area contributed by atoms with Crippen LogP contribution < -0.4 is 10.6 Å². The Labute approximate surface area is 133 Å². The van der Waals surface area contributed by atoms with E-state index in [1.54, 1.807) is 19.3 Å². The van der Waals surface area contributed by atoms with E-state index in [2.05, 4.69) is 15.8 Å². The minimum absolute atomic E-state index is 0.212. The van der Waals surface area contributed by atoms with Crippen molar-refractivity contribution >= 4 is 11.7 Å². The fourth-order valence-corrected chi connectivity index (χ4v) is 2.25. The molecular weight excluding hydrogens is 294 g/mol. The zero-order valence-electron chi connectivity index (χ0n) is 12.7. The summed E-state index contributed by atoms with van der Waals surface area (Å²) in [5, 5.41) is 9.74. The van der Waals surface area contributed by atoms with Crippen LogP contribution in [0.4, 0.5) is 5.82 Å². The van der Waals surface area contributed by atoms with Crippen LogP contribution in [0.5, 0.6) is 0 Å². The number of furan rings is 1. The maximum Gasteiger partial charge on any atom is 0.247 e. The van der Waals surface area contributed by atoms with Gasteiger partial charge in [-0.3, -0.25) is 10.1 Å². The van der Waals surface area contributed by atoms with Crippen molar-refractivity contribution in [1.82, 2.24) is 10.5 Å². The number of hydrogen-bond acceptors (Lipinski definition) is 5. The molecular formula is C17H17N3O3. The van der Waals surface area contributed by atoms with Crippen LogP contribution in [0.1, 0.15) is 23.1 Å². The molecule has 6 heteroatoms. The van der Waals surface area contributed by atoms with Gasteiger partial charge in [-0.2, -0.15) is 0 Å². The lowest BCUT2D eigenvalue weighted by molar-refractivity contribution is -0.118. The molecule has 1 aromatic carbocycles. The van der Waals surface area contributed by atoms with Crippen LogP contribution in [0.15, 0.2) is 63.7 Å². The highest BCUT2D eigenvalue weighted by Crippen LogP contribution is 2.17. The lowest BCUT2D eigenvalue weighted by Crippen LogP contribution is -2.32. The summed E-state index contributed by atoms with van der Waals surface area (Å²) in [4.78, 5) is 12.6. The van der Waals surface area contributed by atoms with Crippen molar-refractivity contribution in [3.05, 3.63) is 71.9 Å². The van der Waals surface area contributed by atoms with Gasteiger partial charge in [0.25, 0.3) is 0 Å². The summed E-state index contributed by atoms with van der Waals surface area (Å²) in [7, 11) is 0. The first-order valence-electron chi connectivity index (χ1n) is 7.27. The fourth-order valence-electron chi connectivity index (χ4n) is 2.25. The third-order valence-corrected chi connectivity index (χ3v) is 3.33. The fraction of sp³-hybridized carbons (Fsp3) is 0.176. The van der Waals surface area contributed by atoms with Gasteiger partial charge in [-0.15, -0.1) is 0 Å². The molecule has 0 fully saturated rings. The molecule has 6 nitrogen and oxygen atoms in total. The van der Waals surface area contributed by atoms with Crippen LogP contribution in [0, 0.1) is 6.92 Å². The van der Waals surface area contributed by atoms with Crippen molar-refractivity contribution in [1.29, 1.82) is 0 Å². The molecule has 0 radical (unpaired) electrons. The summed E-state index contributed by atoms with van der Waals surface area (Å²) in [6.45, 7) is 2.21. The predicted octanol–water partition coefficient (Wildman–Crippen LogP) is 3.05. The van der Waals surface area contributed by atoms with Gasteiger partial charge < -0.3 is 14.3 Å². The van der Waals surface area contributed by atoms with Gasteiger partial charge in [0.1, 0.15) is 17.6 Å². The largest absolute Gasteiger partial charge is 0.468 e. The second-order valence-electron chi connectivity index (χ2n) is 5.12. The van der Waals surface area contributed by atoms with E-state index < -0.39 is 6.04 Å². The number of nitrogens with one attached hydrogen (secondary N) is 2. The van der Waals surface area contributed by atoms with Gasteiger partial charge in [0.2, 0.25) is 5.91 Å².